The number of thiazole rings is 1. The summed E-state index contributed by atoms with van der Waals surface area (Å²) in [4.78, 5) is 14.0. The van der Waals surface area contributed by atoms with Crippen molar-refractivity contribution in [2.24, 2.45) is 0 Å². The summed E-state index contributed by atoms with van der Waals surface area (Å²) in [6.45, 7) is 2.65. The lowest BCUT2D eigenvalue weighted by atomic mass is 9.99. The van der Waals surface area contributed by atoms with Crippen molar-refractivity contribution in [3.8, 4) is 0 Å². The maximum atomic E-state index is 11.1. The normalized spacial score (nSPS) is 18.8. The minimum Gasteiger partial charge on any atom is -0.315 e. The first-order chi connectivity index (χ1) is 9.33. The van der Waals surface area contributed by atoms with E-state index in [-0.39, 0.29) is 4.87 Å². The quantitative estimate of drug-likeness (QED) is 0.800. The van der Waals surface area contributed by atoms with Crippen LogP contribution in [0.25, 0.3) is 0 Å². The summed E-state index contributed by atoms with van der Waals surface area (Å²) in [5.74, 6) is 0. The van der Waals surface area contributed by atoms with Gasteiger partial charge in [-0.25, -0.2) is 0 Å². The van der Waals surface area contributed by atoms with E-state index in [1.54, 1.807) is 0 Å². The first-order valence-corrected chi connectivity index (χ1v) is 7.39. The Morgan fingerprint density at radius 3 is 3.11 bits per heavy atom. The number of aromatic amines is 1. The molecule has 0 saturated carbocycles. The molecule has 0 spiro atoms. The van der Waals surface area contributed by atoms with Crippen LogP contribution in [0, 0.1) is 0 Å². The van der Waals surface area contributed by atoms with Crippen LogP contribution in [0.5, 0.6) is 0 Å². The molecule has 1 aromatic heterocycles. The second kappa shape index (κ2) is 5.69. The minimum absolute atomic E-state index is 0.0136. The first-order valence-electron chi connectivity index (χ1n) is 6.51. The predicted octanol–water partition coefficient (Wildman–Crippen LogP) is 1.76. The zero-order valence-electron chi connectivity index (χ0n) is 10.6. The minimum atomic E-state index is 0.0136. The molecule has 3 rings (SSSR count). The van der Waals surface area contributed by atoms with Gasteiger partial charge in [0.1, 0.15) is 0 Å². The number of rotatable bonds is 3. The van der Waals surface area contributed by atoms with Gasteiger partial charge in [0.05, 0.1) is 0 Å². The highest BCUT2D eigenvalue weighted by molar-refractivity contribution is 7.07. The molecule has 0 amide bonds. The summed E-state index contributed by atoms with van der Waals surface area (Å²) in [6, 6.07) is 8.88. The van der Waals surface area contributed by atoms with Gasteiger partial charge in [0.25, 0.3) is 0 Å². The van der Waals surface area contributed by atoms with Gasteiger partial charge in [-0.2, -0.15) is 0 Å². The monoisotopic (exact) mass is 275 g/mol. The number of hydrogen-bond donors (Lipinski definition) is 3. The number of fused-ring (bicyclic) bond motifs is 1. The molecule has 0 aliphatic carbocycles. The SMILES string of the molecule is O=c1[nH]c(CNC2CCNCc3ccccc32)cs1. The Bertz CT molecular complexity index is 604. The zero-order valence-corrected chi connectivity index (χ0v) is 11.4. The molecule has 1 aliphatic heterocycles. The molecule has 1 atom stereocenters. The first kappa shape index (κ1) is 12.6. The van der Waals surface area contributed by atoms with Gasteiger partial charge in [-0.05, 0) is 24.1 Å². The van der Waals surface area contributed by atoms with Crippen LogP contribution in [0.15, 0.2) is 34.4 Å². The van der Waals surface area contributed by atoms with Gasteiger partial charge in [0, 0.05) is 30.2 Å². The van der Waals surface area contributed by atoms with Crippen molar-refractivity contribution >= 4 is 11.3 Å². The smallest absolute Gasteiger partial charge is 0.304 e. The molecule has 0 fully saturated rings. The maximum Gasteiger partial charge on any atom is 0.304 e. The number of benzene rings is 1. The summed E-state index contributed by atoms with van der Waals surface area (Å²) in [5, 5.41) is 8.87. The van der Waals surface area contributed by atoms with Crippen LogP contribution < -0.4 is 15.5 Å². The van der Waals surface area contributed by atoms with Crippen molar-refractivity contribution in [3.05, 3.63) is 56.1 Å². The van der Waals surface area contributed by atoms with Crippen LogP contribution in [0.4, 0.5) is 0 Å². The topological polar surface area (TPSA) is 56.9 Å². The van der Waals surface area contributed by atoms with E-state index >= 15 is 0 Å². The summed E-state index contributed by atoms with van der Waals surface area (Å²) in [7, 11) is 0. The van der Waals surface area contributed by atoms with Crippen LogP contribution in [-0.2, 0) is 13.1 Å². The van der Waals surface area contributed by atoms with Crippen LogP contribution in [-0.4, -0.2) is 11.5 Å². The van der Waals surface area contributed by atoms with E-state index in [0.717, 1.165) is 25.2 Å². The van der Waals surface area contributed by atoms with Gasteiger partial charge in [-0.3, -0.25) is 4.79 Å². The predicted molar refractivity (Wildman–Crippen MR) is 77.3 cm³/mol. The fraction of sp³-hybridized carbons (Fsp3) is 0.357. The fourth-order valence-electron chi connectivity index (χ4n) is 2.51. The Labute approximate surface area is 115 Å². The molecule has 1 aliphatic rings. The second-order valence-electron chi connectivity index (χ2n) is 4.77. The van der Waals surface area contributed by atoms with Gasteiger partial charge in [0.15, 0.2) is 0 Å². The third kappa shape index (κ3) is 2.94. The van der Waals surface area contributed by atoms with Gasteiger partial charge >= 0.3 is 4.87 Å². The zero-order chi connectivity index (χ0) is 13.1. The van der Waals surface area contributed by atoms with E-state index in [0.29, 0.717) is 12.6 Å². The highest BCUT2D eigenvalue weighted by atomic mass is 32.1. The molecule has 0 radical (unpaired) electrons. The molecule has 3 N–H and O–H groups in total. The van der Waals surface area contributed by atoms with Crippen molar-refractivity contribution in [1.29, 1.82) is 0 Å². The molecule has 4 nitrogen and oxygen atoms in total. The van der Waals surface area contributed by atoms with Crippen molar-refractivity contribution < 1.29 is 0 Å². The van der Waals surface area contributed by atoms with Gasteiger partial charge < -0.3 is 15.6 Å². The van der Waals surface area contributed by atoms with Crippen LogP contribution in [0.2, 0.25) is 0 Å². The molecule has 19 heavy (non-hydrogen) atoms. The van der Waals surface area contributed by atoms with E-state index in [2.05, 4.69) is 39.9 Å². The van der Waals surface area contributed by atoms with Crippen LogP contribution in [0.1, 0.15) is 29.3 Å². The maximum absolute atomic E-state index is 11.1. The lowest BCUT2D eigenvalue weighted by Crippen LogP contribution is -2.23. The highest BCUT2D eigenvalue weighted by Gasteiger charge is 2.17. The Morgan fingerprint density at radius 1 is 1.37 bits per heavy atom. The summed E-state index contributed by atoms with van der Waals surface area (Å²) >= 11 is 1.22. The molecule has 0 bridgehead atoms. The second-order valence-corrected chi connectivity index (χ2v) is 5.61. The van der Waals surface area contributed by atoms with E-state index < -0.39 is 0 Å². The molecule has 0 saturated heterocycles. The molecule has 2 heterocycles. The molecule has 2 aromatic rings. The molecule has 5 heteroatoms. The third-order valence-electron chi connectivity index (χ3n) is 3.47. The highest BCUT2D eigenvalue weighted by Crippen LogP contribution is 2.23. The molecular formula is C14H17N3OS. The Morgan fingerprint density at radius 2 is 2.26 bits per heavy atom. The van der Waals surface area contributed by atoms with Crippen molar-refractivity contribution in [2.75, 3.05) is 6.54 Å². The third-order valence-corrected chi connectivity index (χ3v) is 4.18. The van der Waals surface area contributed by atoms with Gasteiger partial charge in [-0.1, -0.05) is 35.6 Å². The molecular weight excluding hydrogens is 258 g/mol. The summed E-state index contributed by atoms with van der Waals surface area (Å²) < 4.78 is 0. The van der Waals surface area contributed by atoms with Crippen LogP contribution >= 0.6 is 11.3 Å². The van der Waals surface area contributed by atoms with Gasteiger partial charge in [0.2, 0.25) is 0 Å². The van der Waals surface area contributed by atoms with E-state index in [1.165, 1.54) is 22.5 Å². The standard InChI is InChI=1S/C14H17N3OS/c18-14-17-11(9-19-14)8-16-13-5-6-15-7-10-3-1-2-4-12(10)13/h1-4,9,13,15-16H,5-8H2,(H,17,18). The van der Waals surface area contributed by atoms with Crippen molar-refractivity contribution in [3.63, 3.8) is 0 Å². The van der Waals surface area contributed by atoms with E-state index in [4.69, 9.17) is 0 Å². The average molecular weight is 275 g/mol. The molecule has 1 unspecified atom stereocenters. The number of aromatic nitrogens is 1. The van der Waals surface area contributed by atoms with Gasteiger partial charge in [-0.15, -0.1) is 0 Å². The molecule has 1 aromatic carbocycles. The van der Waals surface area contributed by atoms with Crippen LogP contribution in [0.3, 0.4) is 0 Å². The largest absolute Gasteiger partial charge is 0.315 e. The number of nitrogens with one attached hydrogen (secondary N) is 3. The Hall–Kier alpha value is -1.43. The lowest BCUT2D eigenvalue weighted by molar-refractivity contribution is 0.492. The van der Waals surface area contributed by atoms with E-state index in [9.17, 15) is 4.79 Å². The lowest BCUT2D eigenvalue weighted by Gasteiger charge is -2.18. The summed E-state index contributed by atoms with van der Waals surface area (Å²) in [6.07, 6.45) is 1.06. The van der Waals surface area contributed by atoms with E-state index in [1.807, 2.05) is 5.38 Å². The fourth-order valence-corrected chi connectivity index (χ4v) is 3.09. The van der Waals surface area contributed by atoms with Crippen molar-refractivity contribution in [1.82, 2.24) is 15.6 Å². The molecule has 100 valence electrons. The Balaban J connectivity index is 1.75. The summed E-state index contributed by atoms with van der Waals surface area (Å²) in [5.41, 5.74) is 3.69. The average Bonchev–Trinajstić information content (AvgIpc) is 2.73. The van der Waals surface area contributed by atoms with Crippen molar-refractivity contribution in [2.45, 2.75) is 25.6 Å². The Kier molecular flexibility index (Phi) is 3.77. The number of H-pyrrole nitrogens is 1. The number of hydrogen-bond acceptors (Lipinski definition) is 4.